The van der Waals surface area contributed by atoms with Gasteiger partial charge in [0.05, 0.1) is 5.56 Å². The summed E-state index contributed by atoms with van der Waals surface area (Å²) in [5.74, 6) is -0.00253. The van der Waals surface area contributed by atoms with Crippen LogP contribution in [0.15, 0.2) is 48.5 Å². The number of carbonyl (C=O) groups is 2. The zero-order valence-electron chi connectivity index (χ0n) is 15.3. The Morgan fingerprint density at radius 3 is 2.37 bits per heavy atom. The second-order valence-corrected chi connectivity index (χ2v) is 6.17. The Balaban J connectivity index is 1.86. The van der Waals surface area contributed by atoms with Crippen LogP contribution in [-0.4, -0.2) is 31.6 Å². The summed E-state index contributed by atoms with van der Waals surface area (Å²) in [6, 6.07) is 14.6. The van der Waals surface area contributed by atoms with Crippen LogP contribution in [0.4, 0.5) is 0 Å². The van der Waals surface area contributed by atoms with Gasteiger partial charge in [-0.15, -0.1) is 5.10 Å². The van der Waals surface area contributed by atoms with Crippen molar-refractivity contribution in [2.45, 2.75) is 33.2 Å². The lowest BCUT2D eigenvalue weighted by Gasteiger charge is -2.08. The van der Waals surface area contributed by atoms with E-state index in [9.17, 15) is 14.7 Å². The molecule has 0 saturated heterocycles. The summed E-state index contributed by atoms with van der Waals surface area (Å²) in [7, 11) is 0. The molecule has 0 aliphatic heterocycles. The molecule has 1 aromatic heterocycles. The molecule has 6 nitrogen and oxygen atoms in total. The molecule has 3 rings (SSSR count). The highest BCUT2D eigenvalue weighted by Gasteiger charge is 2.15. The highest BCUT2D eigenvalue weighted by atomic mass is 16.4. The molecule has 1 N–H and O–H groups in total. The van der Waals surface area contributed by atoms with E-state index in [2.05, 4.69) is 10.1 Å². The first kappa shape index (κ1) is 18.5. The number of aromatic carboxylic acids is 1. The Morgan fingerprint density at radius 1 is 1.04 bits per heavy atom. The third-order valence-corrected chi connectivity index (χ3v) is 4.40. The third-order valence-electron chi connectivity index (χ3n) is 4.40. The van der Waals surface area contributed by atoms with Gasteiger partial charge in [-0.2, -0.15) is 0 Å². The fourth-order valence-electron chi connectivity index (χ4n) is 2.94. The summed E-state index contributed by atoms with van der Waals surface area (Å²) in [5.41, 5.74) is 2.82. The average Bonchev–Trinajstić information content (AvgIpc) is 3.10. The number of ketones is 1. The quantitative estimate of drug-likeness (QED) is 0.645. The highest BCUT2D eigenvalue weighted by molar-refractivity contribution is 5.96. The van der Waals surface area contributed by atoms with Crippen molar-refractivity contribution in [2.24, 2.45) is 0 Å². The monoisotopic (exact) mass is 363 g/mol. The van der Waals surface area contributed by atoms with Gasteiger partial charge in [0.2, 0.25) is 11.6 Å². The fraction of sp³-hybridized carbons (Fsp3) is 0.238. The van der Waals surface area contributed by atoms with Crippen LogP contribution < -0.4 is 0 Å². The summed E-state index contributed by atoms with van der Waals surface area (Å²) < 4.78 is 1.75. The molecule has 138 valence electrons. The molecule has 0 spiro atoms. The molecule has 0 aliphatic carbocycles. The minimum absolute atomic E-state index is 0.0657. The first-order valence-electron chi connectivity index (χ1n) is 8.92. The molecule has 0 bridgehead atoms. The molecule has 27 heavy (non-hydrogen) atoms. The molecule has 0 atom stereocenters. The van der Waals surface area contributed by atoms with Crippen molar-refractivity contribution in [3.05, 3.63) is 71.3 Å². The van der Waals surface area contributed by atoms with E-state index >= 15 is 0 Å². The maximum atomic E-state index is 11.8. The van der Waals surface area contributed by atoms with E-state index in [1.165, 1.54) is 0 Å². The highest BCUT2D eigenvalue weighted by Crippen LogP contribution is 2.24. The van der Waals surface area contributed by atoms with Gasteiger partial charge in [-0.05, 0) is 29.7 Å². The smallest absolute Gasteiger partial charge is 0.336 e. The minimum atomic E-state index is -0.946. The summed E-state index contributed by atoms with van der Waals surface area (Å²) in [4.78, 5) is 27.6. The first-order valence-corrected chi connectivity index (χ1v) is 8.92. The Kier molecular flexibility index (Phi) is 5.45. The number of benzene rings is 2. The number of aromatic nitrogens is 3. The molecule has 0 saturated carbocycles. The number of carboxylic acids is 1. The van der Waals surface area contributed by atoms with E-state index in [0.717, 1.165) is 17.0 Å². The van der Waals surface area contributed by atoms with Gasteiger partial charge in [0.25, 0.3) is 0 Å². The van der Waals surface area contributed by atoms with Crippen LogP contribution >= 0.6 is 0 Å². The summed E-state index contributed by atoms with van der Waals surface area (Å²) in [6.45, 7) is 4.40. The zero-order chi connectivity index (χ0) is 19.4. The Hall–Kier alpha value is -3.28. The van der Waals surface area contributed by atoms with E-state index in [4.69, 9.17) is 0 Å². The number of aryl methyl sites for hydroxylation is 1. The predicted molar refractivity (Wildman–Crippen MR) is 102 cm³/mol. The molecular formula is C21H21N3O3. The molecular weight excluding hydrogens is 342 g/mol. The topological polar surface area (TPSA) is 85.1 Å². The van der Waals surface area contributed by atoms with Crippen LogP contribution in [0.3, 0.4) is 0 Å². The molecule has 6 heteroatoms. The van der Waals surface area contributed by atoms with Crippen LogP contribution in [0.25, 0.3) is 11.1 Å². The number of rotatable bonds is 7. The Bertz CT molecular complexity index is 975. The van der Waals surface area contributed by atoms with Crippen molar-refractivity contribution >= 4 is 11.8 Å². The number of carboxylic acid groups (broad SMARTS) is 1. The molecule has 0 unspecified atom stereocenters. The summed E-state index contributed by atoms with van der Waals surface area (Å²) in [6.07, 6.45) is 0.934. The van der Waals surface area contributed by atoms with Gasteiger partial charge in [-0.25, -0.2) is 14.5 Å². The molecule has 0 fully saturated rings. The van der Waals surface area contributed by atoms with E-state index in [1.807, 2.05) is 37.3 Å². The van der Waals surface area contributed by atoms with Gasteiger partial charge in [0.15, 0.2) is 0 Å². The largest absolute Gasteiger partial charge is 0.478 e. The van der Waals surface area contributed by atoms with Crippen molar-refractivity contribution in [1.82, 2.24) is 14.8 Å². The van der Waals surface area contributed by atoms with Crippen LogP contribution in [0, 0.1) is 0 Å². The van der Waals surface area contributed by atoms with Crippen LogP contribution in [0.2, 0.25) is 0 Å². The summed E-state index contributed by atoms with van der Waals surface area (Å²) in [5, 5.41) is 13.6. The van der Waals surface area contributed by atoms with Gasteiger partial charge in [0, 0.05) is 19.4 Å². The van der Waals surface area contributed by atoms with Gasteiger partial charge >= 0.3 is 5.97 Å². The molecule has 3 aromatic rings. The van der Waals surface area contributed by atoms with Gasteiger partial charge in [-0.1, -0.05) is 49.4 Å². The lowest BCUT2D eigenvalue weighted by atomic mass is 9.98. The standard InChI is InChI=1S/C21H21N3O3/c1-3-18(25)20-22-19(24(4-2)23-20)13-14-9-11-15(12-10-14)16-7-5-6-8-17(16)21(26)27/h5-12H,3-4,13H2,1-2H3,(H,26,27). The van der Waals surface area contributed by atoms with Crippen LogP contribution in [-0.2, 0) is 13.0 Å². The third kappa shape index (κ3) is 3.95. The fourth-order valence-corrected chi connectivity index (χ4v) is 2.94. The first-order chi connectivity index (χ1) is 13.0. The number of hydrogen-bond acceptors (Lipinski definition) is 4. The Morgan fingerprint density at radius 2 is 1.74 bits per heavy atom. The molecule has 0 amide bonds. The van der Waals surface area contributed by atoms with Gasteiger partial charge < -0.3 is 5.11 Å². The lowest BCUT2D eigenvalue weighted by Crippen LogP contribution is -2.05. The van der Waals surface area contributed by atoms with Crippen molar-refractivity contribution in [1.29, 1.82) is 0 Å². The summed E-state index contributed by atoms with van der Waals surface area (Å²) >= 11 is 0. The van der Waals surface area contributed by atoms with Gasteiger partial charge in [-0.3, -0.25) is 4.79 Å². The van der Waals surface area contributed by atoms with Crippen LogP contribution in [0.1, 0.15) is 52.6 Å². The molecule has 0 aliphatic rings. The van der Waals surface area contributed by atoms with E-state index in [1.54, 1.807) is 29.8 Å². The maximum absolute atomic E-state index is 11.8. The lowest BCUT2D eigenvalue weighted by molar-refractivity contribution is 0.0697. The molecule has 2 aromatic carbocycles. The van der Waals surface area contributed by atoms with E-state index < -0.39 is 5.97 Å². The number of carbonyl (C=O) groups excluding carboxylic acids is 1. The van der Waals surface area contributed by atoms with Crippen molar-refractivity contribution in [3.8, 4) is 11.1 Å². The predicted octanol–water partition coefficient (Wildman–Crippen LogP) is 3.85. The zero-order valence-corrected chi connectivity index (χ0v) is 15.3. The van der Waals surface area contributed by atoms with E-state index in [-0.39, 0.29) is 17.2 Å². The SMILES string of the molecule is CCC(=O)c1nc(Cc2ccc(-c3ccccc3C(=O)O)cc2)n(CC)n1. The molecule has 0 radical (unpaired) electrons. The minimum Gasteiger partial charge on any atom is -0.478 e. The van der Waals surface area contributed by atoms with Crippen molar-refractivity contribution in [3.63, 3.8) is 0 Å². The van der Waals surface area contributed by atoms with E-state index in [0.29, 0.717) is 24.9 Å². The molecule has 1 heterocycles. The number of nitrogens with zero attached hydrogens (tertiary/aromatic N) is 3. The van der Waals surface area contributed by atoms with Crippen molar-refractivity contribution < 1.29 is 14.7 Å². The Labute approximate surface area is 157 Å². The second-order valence-electron chi connectivity index (χ2n) is 6.17. The second kappa shape index (κ2) is 7.95. The average molecular weight is 363 g/mol. The van der Waals surface area contributed by atoms with Crippen molar-refractivity contribution in [2.75, 3.05) is 0 Å². The van der Waals surface area contributed by atoms with Crippen LogP contribution in [0.5, 0.6) is 0 Å². The normalized spacial score (nSPS) is 10.7. The maximum Gasteiger partial charge on any atom is 0.336 e. The number of hydrogen-bond donors (Lipinski definition) is 1. The number of Topliss-reactive ketones (excluding diaryl/α,β-unsaturated/α-hetero) is 1. The van der Waals surface area contributed by atoms with Gasteiger partial charge in [0.1, 0.15) is 5.82 Å².